The Labute approximate surface area is 146 Å². The molecule has 0 aromatic rings. The van der Waals surface area contributed by atoms with Crippen molar-refractivity contribution in [3.63, 3.8) is 0 Å². The summed E-state index contributed by atoms with van der Waals surface area (Å²) in [6, 6.07) is 4.69. The van der Waals surface area contributed by atoms with Crippen LogP contribution in [-0.4, -0.2) is 55.6 Å². The van der Waals surface area contributed by atoms with Gasteiger partial charge in [-0.1, -0.05) is 6.42 Å². The molecule has 2 fully saturated rings. The van der Waals surface area contributed by atoms with Gasteiger partial charge in [0.2, 0.25) is 10.0 Å². The smallest absolute Gasteiger partial charge is 0.211 e. The molecule has 1 aliphatic carbocycles. The van der Waals surface area contributed by atoms with Gasteiger partial charge in [-0.15, -0.1) is 0 Å². The number of nitrogens with zero attached hydrogens (tertiary/aromatic N) is 4. The molecule has 0 spiro atoms. The largest absolute Gasteiger partial charge is 0.302 e. The van der Waals surface area contributed by atoms with Gasteiger partial charge >= 0.3 is 0 Å². The Bertz CT molecular complexity index is 589. The summed E-state index contributed by atoms with van der Waals surface area (Å²) in [6.07, 6.45) is 8.15. The van der Waals surface area contributed by atoms with E-state index in [0.717, 1.165) is 51.6 Å². The molecule has 0 amide bonds. The van der Waals surface area contributed by atoms with E-state index in [9.17, 15) is 13.7 Å². The molecule has 6 nitrogen and oxygen atoms in total. The summed E-state index contributed by atoms with van der Waals surface area (Å²) in [6.45, 7) is 2.42. The van der Waals surface area contributed by atoms with E-state index in [0.29, 0.717) is 19.4 Å². The molecule has 0 bridgehead atoms. The van der Waals surface area contributed by atoms with Crippen molar-refractivity contribution >= 4 is 10.0 Å². The zero-order valence-corrected chi connectivity index (χ0v) is 15.3. The fraction of sp³-hybridized carbons (Fsp3) is 0.882. The minimum atomic E-state index is -3.17. The van der Waals surface area contributed by atoms with Crippen LogP contribution in [0.15, 0.2) is 0 Å². The molecule has 1 saturated carbocycles. The van der Waals surface area contributed by atoms with E-state index in [1.165, 1.54) is 6.26 Å². The van der Waals surface area contributed by atoms with E-state index in [1.807, 2.05) is 0 Å². The van der Waals surface area contributed by atoms with E-state index in [4.69, 9.17) is 5.26 Å². The molecule has 134 valence electrons. The molecule has 2 unspecified atom stereocenters. The molecule has 0 aromatic carbocycles. The third kappa shape index (κ3) is 5.17. The highest BCUT2D eigenvalue weighted by Crippen LogP contribution is 2.32. The van der Waals surface area contributed by atoms with Gasteiger partial charge in [0.15, 0.2) is 0 Å². The first-order valence-corrected chi connectivity index (χ1v) is 10.8. The van der Waals surface area contributed by atoms with Crippen LogP contribution in [0.4, 0.5) is 0 Å². The minimum absolute atomic E-state index is 0.0925. The number of sulfonamides is 1. The van der Waals surface area contributed by atoms with E-state index in [1.54, 1.807) is 4.31 Å². The van der Waals surface area contributed by atoms with Crippen molar-refractivity contribution in [2.75, 3.05) is 25.9 Å². The molecular formula is C17H28N4O2S. The SMILES string of the molecule is CS(=O)(=O)N(C1CCC1)C1CCCN(CC(C#N)CCC#N)CC1. The lowest BCUT2D eigenvalue weighted by atomic mass is 9.91. The Morgan fingerprint density at radius 2 is 1.79 bits per heavy atom. The molecule has 2 rings (SSSR count). The number of rotatable bonds is 7. The molecule has 1 aliphatic heterocycles. The number of likely N-dealkylation sites (tertiary alicyclic amines) is 1. The van der Waals surface area contributed by atoms with E-state index < -0.39 is 10.0 Å². The van der Waals surface area contributed by atoms with Crippen LogP contribution in [0.5, 0.6) is 0 Å². The van der Waals surface area contributed by atoms with E-state index in [-0.39, 0.29) is 18.0 Å². The third-order valence-electron chi connectivity index (χ3n) is 5.23. The van der Waals surface area contributed by atoms with E-state index in [2.05, 4.69) is 17.0 Å². The summed E-state index contributed by atoms with van der Waals surface area (Å²) in [4.78, 5) is 2.27. The summed E-state index contributed by atoms with van der Waals surface area (Å²) in [5.41, 5.74) is 0. The Hall–Kier alpha value is -1.15. The zero-order chi connectivity index (χ0) is 17.6. The highest BCUT2D eigenvalue weighted by molar-refractivity contribution is 7.88. The highest BCUT2D eigenvalue weighted by atomic mass is 32.2. The Kier molecular flexibility index (Phi) is 7.03. The van der Waals surface area contributed by atoms with Crippen LogP contribution in [0.2, 0.25) is 0 Å². The summed E-state index contributed by atoms with van der Waals surface area (Å²) in [5.74, 6) is -0.112. The van der Waals surface area contributed by atoms with Crippen molar-refractivity contribution in [3.05, 3.63) is 0 Å². The highest BCUT2D eigenvalue weighted by Gasteiger charge is 2.37. The maximum absolute atomic E-state index is 12.2. The van der Waals surface area contributed by atoms with Gasteiger partial charge in [0.25, 0.3) is 0 Å². The van der Waals surface area contributed by atoms with Crippen LogP contribution in [0, 0.1) is 28.6 Å². The molecule has 0 N–H and O–H groups in total. The van der Waals surface area contributed by atoms with Gasteiger partial charge in [-0.3, -0.25) is 0 Å². The van der Waals surface area contributed by atoms with Crippen molar-refractivity contribution < 1.29 is 8.42 Å². The lowest BCUT2D eigenvalue weighted by Gasteiger charge is -2.40. The molecule has 2 atom stereocenters. The second kappa shape index (κ2) is 8.80. The van der Waals surface area contributed by atoms with Gasteiger partial charge < -0.3 is 4.90 Å². The van der Waals surface area contributed by atoms with Crippen molar-refractivity contribution in [1.82, 2.24) is 9.21 Å². The number of nitriles is 2. The van der Waals surface area contributed by atoms with Crippen molar-refractivity contribution in [2.24, 2.45) is 5.92 Å². The fourth-order valence-corrected chi connectivity index (χ4v) is 5.31. The van der Waals surface area contributed by atoms with Crippen molar-refractivity contribution in [3.8, 4) is 12.1 Å². The monoisotopic (exact) mass is 352 g/mol. The van der Waals surface area contributed by atoms with Gasteiger partial charge in [0.1, 0.15) is 0 Å². The Morgan fingerprint density at radius 3 is 2.33 bits per heavy atom. The zero-order valence-electron chi connectivity index (χ0n) is 14.5. The Balaban J connectivity index is 1.94. The van der Waals surface area contributed by atoms with Crippen molar-refractivity contribution in [1.29, 1.82) is 10.5 Å². The predicted molar refractivity (Wildman–Crippen MR) is 92.4 cm³/mol. The second-order valence-electron chi connectivity index (χ2n) is 7.09. The van der Waals surface area contributed by atoms with Gasteiger partial charge in [0, 0.05) is 25.0 Å². The fourth-order valence-electron chi connectivity index (χ4n) is 3.80. The van der Waals surface area contributed by atoms with Crippen LogP contribution in [0.1, 0.15) is 51.4 Å². The van der Waals surface area contributed by atoms with Gasteiger partial charge in [-0.05, 0) is 51.6 Å². The molecule has 0 radical (unpaired) electrons. The normalized spacial score (nSPS) is 24.6. The average Bonchev–Trinajstić information content (AvgIpc) is 2.71. The maximum atomic E-state index is 12.2. The van der Waals surface area contributed by atoms with Crippen LogP contribution in [0.25, 0.3) is 0 Å². The number of hydrogen-bond acceptors (Lipinski definition) is 5. The summed E-state index contributed by atoms with van der Waals surface area (Å²) in [5, 5.41) is 17.9. The Morgan fingerprint density at radius 1 is 1.12 bits per heavy atom. The van der Waals surface area contributed by atoms with Gasteiger partial charge in [-0.2, -0.15) is 14.8 Å². The van der Waals surface area contributed by atoms with Crippen LogP contribution < -0.4 is 0 Å². The molecule has 7 heteroatoms. The first-order chi connectivity index (χ1) is 11.5. The lowest BCUT2D eigenvalue weighted by molar-refractivity contribution is 0.160. The molecular weight excluding hydrogens is 324 g/mol. The van der Waals surface area contributed by atoms with E-state index >= 15 is 0 Å². The molecule has 1 heterocycles. The van der Waals surface area contributed by atoms with Crippen LogP contribution in [0.3, 0.4) is 0 Å². The quantitative estimate of drug-likeness (QED) is 0.700. The standard InChI is InChI=1S/C17H28N4O2S/c1-24(22,23)21(16-6-2-7-16)17-8-4-11-20(12-9-17)14-15(13-19)5-3-10-18/h15-17H,2-9,11-12,14H2,1H3. The average molecular weight is 353 g/mol. The lowest BCUT2D eigenvalue weighted by Crippen LogP contribution is -2.49. The molecule has 2 aliphatic rings. The number of hydrogen-bond donors (Lipinski definition) is 0. The van der Waals surface area contributed by atoms with Gasteiger partial charge in [0.05, 0.1) is 24.3 Å². The van der Waals surface area contributed by atoms with Crippen LogP contribution in [-0.2, 0) is 10.0 Å². The minimum Gasteiger partial charge on any atom is -0.302 e. The second-order valence-corrected chi connectivity index (χ2v) is 8.97. The topological polar surface area (TPSA) is 88.2 Å². The maximum Gasteiger partial charge on any atom is 0.211 e. The summed E-state index contributed by atoms with van der Waals surface area (Å²) in [7, 11) is -3.17. The predicted octanol–water partition coefficient (Wildman–Crippen LogP) is 2.10. The first-order valence-electron chi connectivity index (χ1n) is 8.93. The first kappa shape index (κ1) is 19.2. The summed E-state index contributed by atoms with van der Waals surface area (Å²) < 4.78 is 26.3. The molecule has 0 aromatic heterocycles. The van der Waals surface area contributed by atoms with Gasteiger partial charge in [-0.25, -0.2) is 8.42 Å². The summed E-state index contributed by atoms with van der Waals surface area (Å²) >= 11 is 0. The van der Waals surface area contributed by atoms with Crippen LogP contribution >= 0.6 is 0 Å². The molecule has 24 heavy (non-hydrogen) atoms. The third-order valence-corrected chi connectivity index (χ3v) is 6.60. The molecule has 1 saturated heterocycles. The van der Waals surface area contributed by atoms with Crippen molar-refractivity contribution in [2.45, 2.75) is 63.5 Å².